The Morgan fingerprint density at radius 2 is 1.67 bits per heavy atom. The van der Waals surface area contributed by atoms with Gasteiger partial charge in [-0.25, -0.2) is 0 Å². The van der Waals surface area contributed by atoms with Crippen LogP contribution >= 0.6 is 0 Å². The van der Waals surface area contributed by atoms with Gasteiger partial charge in [-0.3, -0.25) is 9.78 Å². The number of pyridine rings is 1. The van der Waals surface area contributed by atoms with E-state index in [1.165, 1.54) is 5.56 Å². The first-order chi connectivity index (χ1) is 10.3. The standard InChI is InChI=1S/C19H17NO/c1-2-14-7-9-15(10-8-14)13-18(21)19-17-6-4-3-5-16(17)11-12-20-19/h3-12H,2,13H2,1H3. The zero-order valence-electron chi connectivity index (χ0n) is 12.0. The van der Waals surface area contributed by atoms with E-state index in [0.29, 0.717) is 12.1 Å². The second kappa shape index (κ2) is 5.88. The van der Waals surface area contributed by atoms with Crippen LogP contribution in [-0.4, -0.2) is 10.8 Å². The van der Waals surface area contributed by atoms with Gasteiger partial charge in [-0.2, -0.15) is 0 Å². The molecule has 0 fully saturated rings. The number of aromatic nitrogens is 1. The van der Waals surface area contributed by atoms with Crippen LogP contribution in [0.4, 0.5) is 0 Å². The maximum absolute atomic E-state index is 12.5. The second-order valence-corrected chi connectivity index (χ2v) is 5.15. The van der Waals surface area contributed by atoms with E-state index in [-0.39, 0.29) is 5.78 Å². The highest BCUT2D eigenvalue weighted by molar-refractivity contribution is 6.07. The van der Waals surface area contributed by atoms with Crippen molar-refractivity contribution in [3.8, 4) is 0 Å². The predicted molar refractivity (Wildman–Crippen MR) is 85.6 cm³/mol. The smallest absolute Gasteiger partial charge is 0.186 e. The summed E-state index contributed by atoms with van der Waals surface area (Å²) in [5, 5.41) is 1.98. The number of benzene rings is 2. The molecule has 0 saturated carbocycles. The summed E-state index contributed by atoms with van der Waals surface area (Å²) < 4.78 is 0. The molecule has 2 nitrogen and oxygen atoms in total. The van der Waals surface area contributed by atoms with Gasteiger partial charge in [0.2, 0.25) is 0 Å². The number of Topliss-reactive ketones (excluding diaryl/α,β-unsaturated/α-hetero) is 1. The summed E-state index contributed by atoms with van der Waals surface area (Å²) in [4.78, 5) is 16.8. The van der Waals surface area contributed by atoms with Gasteiger partial charge in [0.05, 0.1) is 0 Å². The molecule has 104 valence electrons. The van der Waals surface area contributed by atoms with Gasteiger partial charge in [0.25, 0.3) is 0 Å². The molecule has 0 amide bonds. The Morgan fingerprint density at radius 3 is 2.43 bits per heavy atom. The van der Waals surface area contributed by atoms with E-state index in [4.69, 9.17) is 0 Å². The Balaban J connectivity index is 1.90. The molecule has 3 rings (SSSR count). The summed E-state index contributed by atoms with van der Waals surface area (Å²) in [6.07, 6.45) is 3.11. The van der Waals surface area contributed by atoms with Crippen LogP contribution in [0.5, 0.6) is 0 Å². The molecule has 1 heterocycles. The van der Waals surface area contributed by atoms with Crippen LogP contribution in [0.1, 0.15) is 28.5 Å². The molecule has 3 aromatic rings. The Hall–Kier alpha value is -2.48. The molecule has 0 spiro atoms. The maximum Gasteiger partial charge on any atom is 0.186 e. The van der Waals surface area contributed by atoms with Gasteiger partial charge in [-0.1, -0.05) is 55.5 Å². The fourth-order valence-electron chi connectivity index (χ4n) is 2.50. The molecule has 0 bridgehead atoms. The Labute approximate surface area is 124 Å². The van der Waals surface area contributed by atoms with Crippen LogP contribution < -0.4 is 0 Å². The van der Waals surface area contributed by atoms with Crippen molar-refractivity contribution in [1.29, 1.82) is 0 Å². The third-order valence-electron chi connectivity index (χ3n) is 3.73. The molecular formula is C19H17NO. The number of aryl methyl sites for hydroxylation is 1. The monoisotopic (exact) mass is 275 g/mol. The van der Waals surface area contributed by atoms with Gasteiger partial charge in [-0.15, -0.1) is 0 Å². The largest absolute Gasteiger partial charge is 0.292 e. The fourth-order valence-corrected chi connectivity index (χ4v) is 2.50. The summed E-state index contributed by atoms with van der Waals surface area (Å²) in [6.45, 7) is 2.13. The average Bonchev–Trinajstić information content (AvgIpc) is 2.55. The van der Waals surface area contributed by atoms with Crippen molar-refractivity contribution in [3.05, 3.63) is 77.6 Å². The minimum atomic E-state index is 0.0658. The van der Waals surface area contributed by atoms with Crippen LogP contribution in [0.3, 0.4) is 0 Å². The third kappa shape index (κ3) is 2.84. The Bertz CT molecular complexity index is 770. The van der Waals surface area contributed by atoms with E-state index in [1.54, 1.807) is 6.20 Å². The fraction of sp³-hybridized carbons (Fsp3) is 0.158. The molecular weight excluding hydrogens is 258 g/mol. The SMILES string of the molecule is CCc1ccc(CC(=O)c2nccc3ccccc23)cc1. The van der Waals surface area contributed by atoms with E-state index in [9.17, 15) is 4.79 Å². The topological polar surface area (TPSA) is 30.0 Å². The second-order valence-electron chi connectivity index (χ2n) is 5.15. The molecule has 0 aliphatic heterocycles. The lowest BCUT2D eigenvalue weighted by Crippen LogP contribution is -2.06. The summed E-state index contributed by atoms with van der Waals surface area (Å²) in [6, 6.07) is 18.0. The van der Waals surface area contributed by atoms with Gasteiger partial charge in [0.1, 0.15) is 5.69 Å². The minimum Gasteiger partial charge on any atom is -0.292 e. The van der Waals surface area contributed by atoms with Crippen molar-refractivity contribution in [2.75, 3.05) is 0 Å². The van der Waals surface area contributed by atoms with E-state index in [2.05, 4.69) is 24.0 Å². The molecule has 0 aliphatic carbocycles. The molecule has 2 heteroatoms. The quantitative estimate of drug-likeness (QED) is 0.667. The number of hydrogen-bond donors (Lipinski definition) is 0. The van der Waals surface area contributed by atoms with E-state index < -0.39 is 0 Å². The number of ketones is 1. The number of nitrogens with zero attached hydrogens (tertiary/aromatic N) is 1. The molecule has 21 heavy (non-hydrogen) atoms. The van der Waals surface area contributed by atoms with E-state index in [1.807, 2.05) is 42.5 Å². The first-order valence-corrected chi connectivity index (χ1v) is 7.22. The Morgan fingerprint density at radius 1 is 0.952 bits per heavy atom. The van der Waals surface area contributed by atoms with Gasteiger partial charge in [0.15, 0.2) is 5.78 Å². The molecule has 0 saturated heterocycles. The lowest BCUT2D eigenvalue weighted by Gasteiger charge is -2.05. The molecule has 0 unspecified atom stereocenters. The number of carbonyl (C=O) groups is 1. The lowest BCUT2D eigenvalue weighted by molar-refractivity contribution is 0.0990. The summed E-state index contributed by atoms with van der Waals surface area (Å²) in [7, 11) is 0. The lowest BCUT2D eigenvalue weighted by atomic mass is 10.0. The minimum absolute atomic E-state index is 0.0658. The van der Waals surface area contributed by atoms with Crippen LogP contribution in [0.2, 0.25) is 0 Å². The first-order valence-electron chi connectivity index (χ1n) is 7.22. The molecule has 0 aliphatic rings. The highest BCUT2D eigenvalue weighted by atomic mass is 16.1. The summed E-state index contributed by atoms with van der Waals surface area (Å²) in [5.74, 6) is 0.0658. The molecule has 1 aromatic heterocycles. The van der Waals surface area contributed by atoms with Gasteiger partial charge in [0, 0.05) is 18.0 Å². The van der Waals surface area contributed by atoms with Crippen LogP contribution in [0.15, 0.2) is 60.8 Å². The number of carbonyl (C=O) groups excluding carboxylic acids is 1. The highest BCUT2D eigenvalue weighted by Crippen LogP contribution is 2.18. The van der Waals surface area contributed by atoms with Crippen molar-refractivity contribution >= 4 is 16.6 Å². The average molecular weight is 275 g/mol. The van der Waals surface area contributed by atoms with Gasteiger partial charge in [-0.05, 0) is 29.0 Å². The van der Waals surface area contributed by atoms with Crippen molar-refractivity contribution < 1.29 is 4.79 Å². The van der Waals surface area contributed by atoms with E-state index in [0.717, 1.165) is 22.8 Å². The van der Waals surface area contributed by atoms with Crippen LogP contribution in [-0.2, 0) is 12.8 Å². The normalized spacial score (nSPS) is 10.7. The van der Waals surface area contributed by atoms with Crippen LogP contribution in [0, 0.1) is 0 Å². The van der Waals surface area contributed by atoms with Gasteiger partial charge < -0.3 is 0 Å². The third-order valence-corrected chi connectivity index (χ3v) is 3.73. The first kappa shape index (κ1) is 13.5. The van der Waals surface area contributed by atoms with Crippen LogP contribution in [0.25, 0.3) is 10.8 Å². The van der Waals surface area contributed by atoms with Crippen molar-refractivity contribution in [2.24, 2.45) is 0 Å². The zero-order chi connectivity index (χ0) is 14.7. The highest BCUT2D eigenvalue weighted by Gasteiger charge is 2.12. The van der Waals surface area contributed by atoms with Gasteiger partial charge >= 0.3 is 0 Å². The van der Waals surface area contributed by atoms with Crippen molar-refractivity contribution in [3.63, 3.8) is 0 Å². The maximum atomic E-state index is 12.5. The summed E-state index contributed by atoms with van der Waals surface area (Å²) in [5.41, 5.74) is 2.88. The summed E-state index contributed by atoms with van der Waals surface area (Å²) >= 11 is 0. The molecule has 0 radical (unpaired) electrons. The molecule has 0 atom stereocenters. The predicted octanol–water partition coefficient (Wildman–Crippen LogP) is 4.22. The van der Waals surface area contributed by atoms with Crippen molar-refractivity contribution in [2.45, 2.75) is 19.8 Å². The van der Waals surface area contributed by atoms with E-state index >= 15 is 0 Å². The molecule has 2 aromatic carbocycles. The van der Waals surface area contributed by atoms with Crippen molar-refractivity contribution in [1.82, 2.24) is 4.98 Å². The number of fused-ring (bicyclic) bond motifs is 1. The Kier molecular flexibility index (Phi) is 3.78. The molecule has 0 N–H and O–H groups in total. The number of rotatable bonds is 4. The number of hydrogen-bond acceptors (Lipinski definition) is 2. The zero-order valence-corrected chi connectivity index (χ0v) is 12.0.